The zero-order valence-corrected chi connectivity index (χ0v) is 11.7. The lowest BCUT2D eigenvalue weighted by Gasteiger charge is -2.25. The molecule has 19 heavy (non-hydrogen) atoms. The van der Waals surface area contributed by atoms with E-state index in [1.807, 2.05) is 0 Å². The first-order valence-electron chi connectivity index (χ1n) is 7.83. The summed E-state index contributed by atoms with van der Waals surface area (Å²) in [5.41, 5.74) is 5.98. The van der Waals surface area contributed by atoms with Gasteiger partial charge in [-0.3, -0.25) is 4.90 Å². The molecule has 0 spiro atoms. The van der Waals surface area contributed by atoms with E-state index in [4.69, 9.17) is 10.2 Å². The summed E-state index contributed by atoms with van der Waals surface area (Å²) >= 11 is 0. The van der Waals surface area contributed by atoms with Crippen LogP contribution in [-0.4, -0.2) is 24.0 Å². The van der Waals surface area contributed by atoms with Crippen molar-refractivity contribution in [3.8, 4) is 0 Å². The standard InChI is InChI=1S/C16H24N2O/c1-10-8-13(10)14-4-5-15(19-14)16-11(9-17)6-7-18(16)12-2-3-12/h4-5,10-13,16H,2-3,6-9,17H2,1H3. The molecule has 3 fully saturated rings. The van der Waals surface area contributed by atoms with Gasteiger partial charge in [-0.1, -0.05) is 6.92 Å². The summed E-state index contributed by atoms with van der Waals surface area (Å²) in [6, 6.07) is 5.67. The molecule has 2 heterocycles. The van der Waals surface area contributed by atoms with E-state index in [1.165, 1.54) is 43.7 Å². The predicted molar refractivity (Wildman–Crippen MR) is 74.9 cm³/mol. The van der Waals surface area contributed by atoms with Gasteiger partial charge in [-0.15, -0.1) is 0 Å². The summed E-state index contributed by atoms with van der Waals surface area (Å²) in [4.78, 5) is 2.65. The molecule has 1 aromatic heterocycles. The van der Waals surface area contributed by atoms with Crippen molar-refractivity contribution in [2.24, 2.45) is 17.6 Å². The molecule has 3 aliphatic rings. The molecule has 1 aliphatic heterocycles. The maximum absolute atomic E-state index is 6.20. The maximum atomic E-state index is 6.20. The zero-order chi connectivity index (χ0) is 13.0. The predicted octanol–water partition coefficient (Wildman–Crippen LogP) is 2.89. The van der Waals surface area contributed by atoms with Crippen molar-refractivity contribution in [2.45, 2.75) is 50.6 Å². The molecule has 4 unspecified atom stereocenters. The second kappa shape index (κ2) is 4.35. The molecule has 4 rings (SSSR count). The van der Waals surface area contributed by atoms with Gasteiger partial charge < -0.3 is 10.2 Å². The van der Waals surface area contributed by atoms with Crippen LogP contribution in [0.5, 0.6) is 0 Å². The van der Waals surface area contributed by atoms with Crippen LogP contribution < -0.4 is 5.73 Å². The Morgan fingerprint density at radius 3 is 2.63 bits per heavy atom. The van der Waals surface area contributed by atoms with Crippen molar-refractivity contribution in [1.82, 2.24) is 4.90 Å². The smallest absolute Gasteiger partial charge is 0.121 e. The Morgan fingerprint density at radius 2 is 2.00 bits per heavy atom. The van der Waals surface area contributed by atoms with Gasteiger partial charge in [0.25, 0.3) is 0 Å². The second-order valence-electron chi connectivity index (χ2n) is 6.76. The monoisotopic (exact) mass is 260 g/mol. The Bertz CT molecular complexity index is 465. The molecule has 1 saturated heterocycles. The number of nitrogens with two attached hydrogens (primary N) is 1. The Morgan fingerprint density at radius 1 is 1.26 bits per heavy atom. The lowest BCUT2D eigenvalue weighted by atomic mass is 9.98. The average Bonchev–Trinajstić information content (AvgIpc) is 3.29. The minimum absolute atomic E-state index is 0.445. The Kier molecular flexibility index (Phi) is 2.75. The number of hydrogen-bond acceptors (Lipinski definition) is 3. The van der Waals surface area contributed by atoms with Gasteiger partial charge in [0, 0.05) is 12.0 Å². The van der Waals surface area contributed by atoms with Crippen LogP contribution in [0, 0.1) is 11.8 Å². The summed E-state index contributed by atoms with van der Waals surface area (Å²) in [6.45, 7) is 4.29. The van der Waals surface area contributed by atoms with Gasteiger partial charge >= 0.3 is 0 Å². The van der Waals surface area contributed by atoms with Crippen LogP contribution in [0.2, 0.25) is 0 Å². The van der Waals surface area contributed by atoms with Gasteiger partial charge in [0.2, 0.25) is 0 Å². The van der Waals surface area contributed by atoms with Crippen LogP contribution in [0.4, 0.5) is 0 Å². The number of likely N-dealkylation sites (tertiary alicyclic amines) is 1. The van der Waals surface area contributed by atoms with Crippen LogP contribution in [0.25, 0.3) is 0 Å². The molecule has 0 radical (unpaired) electrons. The topological polar surface area (TPSA) is 42.4 Å². The molecule has 0 aromatic carbocycles. The van der Waals surface area contributed by atoms with E-state index in [1.54, 1.807) is 0 Å². The van der Waals surface area contributed by atoms with Crippen LogP contribution in [-0.2, 0) is 0 Å². The van der Waals surface area contributed by atoms with E-state index in [9.17, 15) is 0 Å². The Labute approximate surface area is 115 Å². The lowest BCUT2D eigenvalue weighted by molar-refractivity contribution is 0.190. The molecule has 2 aliphatic carbocycles. The minimum Gasteiger partial charge on any atom is -0.464 e. The van der Waals surface area contributed by atoms with Gasteiger partial charge in [0.05, 0.1) is 6.04 Å². The Balaban J connectivity index is 1.58. The first-order valence-corrected chi connectivity index (χ1v) is 7.83. The summed E-state index contributed by atoms with van der Waals surface area (Å²) in [6.07, 6.45) is 5.25. The van der Waals surface area contributed by atoms with Crippen molar-refractivity contribution in [3.63, 3.8) is 0 Å². The normalized spacial score (nSPS) is 38.8. The van der Waals surface area contributed by atoms with Crippen molar-refractivity contribution < 1.29 is 4.42 Å². The number of hydrogen-bond donors (Lipinski definition) is 1. The quantitative estimate of drug-likeness (QED) is 0.905. The van der Waals surface area contributed by atoms with Crippen LogP contribution in [0.15, 0.2) is 16.5 Å². The number of furan rings is 1. The van der Waals surface area contributed by atoms with Crippen molar-refractivity contribution >= 4 is 0 Å². The number of nitrogens with zero attached hydrogens (tertiary/aromatic N) is 1. The Hall–Kier alpha value is -0.800. The van der Waals surface area contributed by atoms with Crippen LogP contribution in [0.3, 0.4) is 0 Å². The van der Waals surface area contributed by atoms with Crippen LogP contribution >= 0.6 is 0 Å². The fourth-order valence-electron chi connectivity index (χ4n) is 3.79. The third kappa shape index (κ3) is 2.03. The third-order valence-corrected chi connectivity index (χ3v) is 5.29. The van der Waals surface area contributed by atoms with Gasteiger partial charge in [-0.05, 0) is 62.7 Å². The summed E-state index contributed by atoms with van der Waals surface area (Å²) in [5.74, 6) is 4.46. The molecule has 3 heteroatoms. The highest BCUT2D eigenvalue weighted by Crippen LogP contribution is 2.49. The van der Waals surface area contributed by atoms with E-state index in [2.05, 4.69) is 24.0 Å². The van der Waals surface area contributed by atoms with E-state index in [0.29, 0.717) is 17.9 Å². The fourth-order valence-corrected chi connectivity index (χ4v) is 3.79. The molecular weight excluding hydrogens is 236 g/mol. The van der Waals surface area contributed by atoms with Gasteiger partial charge in [-0.25, -0.2) is 0 Å². The second-order valence-corrected chi connectivity index (χ2v) is 6.76. The summed E-state index contributed by atoms with van der Waals surface area (Å²) < 4.78 is 6.20. The largest absolute Gasteiger partial charge is 0.464 e. The highest BCUT2D eigenvalue weighted by atomic mass is 16.3. The fraction of sp³-hybridized carbons (Fsp3) is 0.750. The van der Waals surface area contributed by atoms with Gasteiger partial charge in [0.1, 0.15) is 11.5 Å². The highest BCUT2D eigenvalue weighted by Gasteiger charge is 2.44. The lowest BCUT2D eigenvalue weighted by Crippen LogP contribution is -2.29. The first-order chi connectivity index (χ1) is 9.28. The number of rotatable bonds is 4. The molecule has 2 N–H and O–H groups in total. The van der Waals surface area contributed by atoms with Crippen molar-refractivity contribution in [1.29, 1.82) is 0 Å². The SMILES string of the molecule is CC1CC1c1ccc(C2C(CN)CCN2C2CC2)o1. The molecular formula is C16H24N2O. The van der Waals surface area contributed by atoms with E-state index >= 15 is 0 Å². The zero-order valence-electron chi connectivity index (χ0n) is 11.7. The molecule has 104 valence electrons. The van der Waals surface area contributed by atoms with Crippen LogP contribution in [0.1, 0.15) is 56.1 Å². The molecule has 4 atom stereocenters. The van der Waals surface area contributed by atoms with Crippen molar-refractivity contribution in [2.75, 3.05) is 13.1 Å². The van der Waals surface area contributed by atoms with E-state index < -0.39 is 0 Å². The molecule has 1 aromatic rings. The summed E-state index contributed by atoms with van der Waals surface area (Å²) in [7, 11) is 0. The average molecular weight is 260 g/mol. The minimum atomic E-state index is 0.445. The molecule has 2 saturated carbocycles. The maximum Gasteiger partial charge on any atom is 0.121 e. The summed E-state index contributed by atoms with van der Waals surface area (Å²) in [5, 5.41) is 0. The third-order valence-electron chi connectivity index (χ3n) is 5.29. The van der Waals surface area contributed by atoms with E-state index in [0.717, 1.165) is 18.5 Å². The molecule has 0 bridgehead atoms. The van der Waals surface area contributed by atoms with E-state index in [-0.39, 0.29) is 0 Å². The molecule has 0 amide bonds. The van der Waals surface area contributed by atoms with Gasteiger partial charge in [-0.2, -0.15) is 0 Å². The molecule has 3 nitrogen and oxygen atoms in total. The first kappa shape index (κ1) is 12.0. The highest BCUT2D eigenvalue weighted by molar-refractivity contribution is 5.21. The van der Waals surface area contributed by atoms with Crippen molar-refractivity contribution in [3.05, 3.63) is 23.7 Å². The van der Waals surface area contributed by atoms with Gasteiger partial charge in [0.15, 0.2) is 0 Å².